The minimum atomic E-state index is -0.0705. The highest BCUT2D eigenvalue weighted by atomic mass is 15.1. The molecule has 0 aliphatic heterocycles. The molecular formula is C55H41N. The summed E-state index contributed by atoms with van der Waals surface area (Å²) >= 11 is 0. The summed E-state index contributed by atoms with van der Waals surface area (Å²) in [4.78, 5) is 2.35. The maximum Gasteiger partial charge on any atom is 0.0462 e. The Morgan fingerprint density at radius 3 is 1.27 bits per heavy atom. The fourth-order valence-corrected chi connectivity index (χ4v) is 8.54. The second kappa shape index (κ2) is 13.7. The van der Waals surface area contributed by atoms with Gasteiger partial charge in [-0.2, -0.15) is 0 Å². The van der Waals surface area contributed by atoms with Crippen molar-refractivity contribution in [2.75, 3.05) is 4.90 Å². The van der Waals surface area contributed by atoms with Crippen molar-refractivity contribution >= 4 is 50.3 Å². The monoisotopic (exact) mass is 715 g/mol. The zero-order chi connectivity index (χ0) is 37.6. The molecule has 56 heavy (non-hydrogen) atoms. The first-order valence-electron chi connectivity index (χ1n) is 19.5. The molecule has 1 heteroatoms. The van der Waals surface area contributed by atoms with E-state index < -0.39 is 0 Å². The second-order valence-corrected chi connectivity index (χ2v) is 15.5. The van der Waals surface area contributed by atoms with Crippen LogP contribution in [0.4, 0.5) is 17.1 Å². The van der Waals surface area contributed by atoms with Crippen LogP contribution in [0.2, 0.25) is 0 Å². The summed E-state index contributed by atoms with van der Waals surface area (Å²) in [6.07, 6.45) is 2.39. The molecule has 0 N–H and O–H groups in total. The Morgan fingerprint density at radius 2 is 0.714 bits per heavy atom. The van der Waals surface area contributed by atoms with Crippen molar-refractivity contribution in [2.24, 2.45) is 0 Å². The van der Waals surface area contributed by atoms with E-state index in [4.69, 9.17) is 0 Å². The topological polar surface area (TPSA) is 3.24 Å². The summed E-state index contributed by atoms with van der Waals surface area (Å²) in [6.45, 7) is 4.70. The second-order valence-electron chi connectivity index (χ2n) is 15.5. The molecule has 266 valence electrons. The van der Waals surface area contributed by atoms with Gasteiger partial charge >= 0.3 is 0 Å². The van der Waals surface area contributed by atoms with Crippen LogP contribution in [-0.4, -0.2) is 0 Å². The number of allylic oxidation sites excluding steroid dienone is 1. The van der Waals surface area contributed by atoms with Gasteiger partial charge in [-0.3, -0.25) is 0 Å². The molecule has 0 radical (unpaired) electrons. The maximum absolute atomic E-state index is 2.39. The van der Waals surface area contributed by atoms with E-state index in [1.165, 1.54) is 77.2 Å². The maximum atomic E-state index is 2.39. The zero-order valence-electron chi connectivity index (χ0n) is 31.7. The van der Waals surface area contributed by atoms with Crippen molar-refractivity contribution in [1.29, 1.82) is 0 Å². The Balaban J connectivity index is 0.957. The van der Waals surface area contributed by atoms with Crippen molar-refractivity contribution in [1.82, 2.24) is 0 Å². The number of nitrogens with zero attached hydrogens (tertiary/aromatic N) is 1. The first-order valence-corrected chi connectivity index (χ1v) is 19.5. The average molecular weight is 716 g/mol. The fraction of sp³-hybridized carbons (Fsp3) is 0.0545. The zero-order valence-corrected chi connectivity index (χ0v) is 31.7. The number of rotatable bonds is 7. The molecular weight excluding hydrogens is 675 g/mol. The molecule has 0 heterocycles. The lowest BCUT2D eigenvalue weighted by atomic mass is 9.78. The van der Waals surface area contributed by atoms with Gasteiger partial charge in [-0.1, -0.05) is 166 Å². The van der Waals surface area contributed by atoms with E-state index in [0.717, 1.165) is 17.1 Å². The van der Waals surface area contributed by atoms with Crippen molar-refractivity contribution in [3.63, 3.8) is 0 Å². The number of hydrogen-bond donors (Lipinski definition) is 0. The molecule has 9 aromatic carbocycles. The SMILES string of the molecule is CC1(C)C(c2ccc(-c3ccc(N(c4ccc(-c5ccccc5)cc4)c4ccc(-c5ccc6ccccc6c5)cc4)cc3)cc2)=Cc2cc3ccccc3cc21. The van der Waals surface area contributed by atoms with Crippen molar-refractivity contribution in [2.45, 2.75) is 19.3 Å². The molecule has 10 rings (SSSR count). The normalized spacial score (nSPS) is 13.1. The van der Waals surface area contributed by atoms with Crippen molar-refractivity contribution < 1.29 is 0 Å². The highest BCUT2D eigenvalue weighted by molar-refractivity contribution is 5.98. The van der Waals surface area contributed by atoms with Gasteiger partial charge in [0.05, 0.1) is 0 Å². The standard InChI is InChI=1S/C55H41N/c1-55(2)53(37-49-35-46-14-8-9-15-47(46)36-54(49)55)44-19-16-40(17-20-44)42-24-30-51(31-25-42)56(50-28-22-41(23-29-50)38-10-4-3-5-11-38)52-32-26-43(27-33-52)48-21-18-39-12-6-7-13-45(39)34-48/h3-37H,1-2H3. The summed E-state index contributed by atoms with van der Waals surface area (Å²) in [7, 11) is 0. The molecule has 1 aliphatic rings. The Morgan fingerprint density at radius 1 is 0.321 bits per heavy atom. The van der Waals surface area contributed by atoms with Crippen LogP contribution in [0.3, 0.4) is 0 Å². The molecule has 0 fully saturated rings. The van der Waals surface area contributed by atoms with Gasteiger partial charge in [0.1, 0.15) is 0 Å². The van der Waals surface area contributed by atoms with E-state index >= 15 is 0 Å². The molecule has 1 nitrogen and oxygen atoms in total. The van der Waals surface area contributed by atoms with Gasteiger partial charge in [0.15, 0.2) is 0 Å². The van der Waals surface area contributed by atoms with Gasteiger partial charge in [-0.25, -0.2) is 0 Å². The van der Waals surface area contributed by atoms with E-state index in [0.29, 0.717) is 0 Å². The summed E-state index contributed by atoms with van der Waals surface area (Å²) in [5.41, 5.74) is 15.9. The molecule has 0 unspecified atom stereocenters. The van der Waals surface area contributed by atoms with Gasteiger partial charge in [0.25, 0.3) is 0 Å². The molecule has 0 aromatic heterocycles. The lowest BCUT2D eigenvalue weighted by Gasteiger charge is -2.26. The predicted octanol–water partition coefficient (Wildman–Crippen LogP) is 15.3. The van der Waals surface area contributed by atoms with Crippen LogP contribution in [0.5, 0.6) is 0 Å². The van der Waals surface area contributed by atoms with Crippen LogP contribution in [0.25, 0.3) is 66.6 Å². The first kappa shape index (κ1) is 33.6. The largest absolute Gasteiger partial charge is 0.311 e. The third kappa shape index (κ3) is 6.08. The summed E-state index contributed by atoms with van der Waals surface area (Å²) in [6, 6.07) is 75.2. The molecule has 0 saturated heterocycles. The van der Waals surface area contributed by atoms with Crippen LogP contribution in [0, 0.1) is 0 Å². The third-order valence-corrected chi connectivity index (χ3v) is 11.7. The van der Waals surface area contributed by atoms with Crippen LogP contribution in [0.1, 0.15) is 30.5 Å². The molecule has 0 bridgehead atoms. The number of hydrogen-bond acceptors (Lipinski definition) is 1. The highest BCUT2D eigenvalue weighted by Crippen LogP contribution is 2.48. The Bertz CT molecular complexity index is 2880. The Hall–Kier alpha value is -6.96. The van der Waals surface area contributed by atoms with Gasteiger partial charge in [0.2, 0.25) is 0 Å². The predicted molar refractivity (Wildman–Crippen MR) is 240 cm³/mol. The highest BCUT2D eigenvalue weighted by Gasteiger charge is 2.34. The lowest BCUT2D eigenvalue weighted by molar-refractivity contribution is 0.705. The van der Waals surface area contributed by atoms with Gasteiger partial charge in [0, 0.05) is 22.5 Å². The van der Waals surface area contributed by atoms with E-state index in [9.17, 15) is 0 Å². The third-order valence-electron chi connectivity index (χ3n) is 11.7. The fourth-order valence-electron chi connectivity index (χ4n) is 8.54. The first-order chi connectivity index (χ1) is 27.5. The summed E-state index contributed by atoms with van der Waals surface area (Å²) in [5.74, 6) is 0. The summed E-state index contributed by atoms with van der Waals surface area (Å²) < 4.78 is 0. The van der Waals surface area contributed by atoms with Crippen LogP contribution >= 0.6 is 0 Å². The lowest BCUT2D eigenvalue weighted by Crippen LogP contribution is -2.16. The van der Waals surface area contributed by atoms with Crippen LogP contribution < -0.4 is 4.90 Å². The molecule has 9 aromatic rings. The number of fused-ring (bicyclic) bond motifs is 3. The average Bonchev–Trinajstić information content (AvgIpc) is 3.52. The minimum Gasteiger partial charge on any atom is -0.311 e. The number of benzene rings is 9. The Kier molecular flexibility index (Phi) is 8.23. The smallest absolute Gasteiger partial charge is 0.0462 e. The van der Waals surface area contributed by atoms with Gasteiger partial charge in [-0.15, -0.1) is 0 Å². The van der Waals surface area contributed by atoms with Gasteiger partial charge in [-0.05, 0) is 138 Å². The van der Waals surface area contributed by atoms with Crippen LogP contribution in [-0.2, 0) is 5.41 Å². The van der Waals surface area contributed by atoms with Crippen LogP contribution in [0.15, 0.2) is 206 Å². The molecule has 1 aliphatic carbocycles. The van der Waals surface area contributed by atoms with E-state index in [1.54, 1.807) is 0 Å². The molecule has 0 spiro atoms. The quantitative estimate of drug-likeness (QED) is 0.159. The molecule has 0 saturated carbocycles. The van der Waals surface area contributed by atoms with Gasteiger partial charge < -0.3 is 4.90 Å². The minimum absolute atomic E-state index is 0.0705. The van der Waals surface area contributed by atoms with E-state index in [2.05, 4.69) is 231 Å². The van der Waals surface area contributed by atoms with E-state index in [-0.39, 0.29) is 5.41 Å². The molecule has 0 amide bonds. The van der Waals surface area contributed by atoms with Crippen molar-refractivity contribution in [3.05, 3.63) is 223 Å². The molecule has 0 atom stereocenters. The summed E-state index contributed by atoms with van der Waals surface area (Å²) in [5, 5.41) is 5.10. The van der Waals surface area contributed by atoms with Crippen molar-refractivity contribution in [3.8, 4) is 33.4 Å². The van der Waals surface area contributed by atoms with E-state index in [1.807, 2.05) is 0 Å². The number of anilines is 3. The Labute approximate surface area is 329 Å².